The van der Waals surface area contributed by atoms with Gasteiger partial charge in [-0.1, -0.05) is 30.3 Å². The van der Waals surface area contributed by atoms with Gasteiger partial charge >= 0.3 is 0 Å². The minimum Gasteiger partial charge on any atom is -0.354 e. The van der Waals surface area contributed by atoms with Gasteiger partial charge in [0.15, 0.2) is 11.8 Å². The fraction of sp³-hybridized carbons (Fsp3) is 0.438. The van der Waals surface area contributed by atoms with Gasteiger partial charge in [-0.15, -0.1) is 10.2 Å². The summed E-state index contributed by atoms with van der Waals surface area (Å²) in [5, 5.41) is 14.6. The Hall–Kier alpha value is -2.37. The third-order valence-corrected chi connectivity index (χ3v) is 3.53. The topological polar surface area (TPSA) is 67.1 Å². The molecule has 1 unspecified atom stereocenters. The maximum Gasteiger partial charge on any atom is 0.191 e. The van der Waals surface area contributed by atoms with Gasteiger partial charge in [0.25, 0.3) is 0 Å². The first-order valence-electron chi connectivity index (χ1n) is 7.53. The molecule has 0 aliphatic heterocycles. The molecule has 0 aliphatic carbocycles. The number of aliphatic imine (C=N–C) groups is 1. The Morgan fingerprint density at radius 2 is 2.09 bits per heavy atom. The van der Waals surface area contributed by atoms with E-state index in [2.05, 4.69) is 57.0 Å². The summed E-state index contributed by atoms with van der Waals surface area (Å²) in [5.41, 5.74) is 1.36. The van der Waals surface area contributed by atoms with Crippen molar-refractivity contribution in [2.24, 2.45) is 12.0 Å². The van der Waals surface area contributed by atoms with Crippen LogP contribution in [0, 0.1) is 0 Å². The van der Waals surface area contributed by atoms with Crippen LogP contribution in [0.1, 0.15) is 24.7 Å². The molecule has 2 N–H and O–H groups in total. The van der Waals surface area contributed by atoms with E-state index >= 15 is 0 Å². The minimum atomic E-state index is 0.339. The number of hydrogen-bond donors (Lipinski definition) is 2. The lowest BCUT2D eigenvalue weighted by atomic mass is 10.1. The van der Waals surface area contributed by atoms with Crippen LogP contribution < -0.4 is 10.6 Å². The fourth-order valence-corrected chi connectivity index (χ4v) is 2.16. The van der Waals surface area contributed by atoms with E-state index < -0.39 is 0 Å². The predicted octanol–water partition coefficient (Wildman–Crippen LogP) is 1.50. The van der Waals surface area contributed by atoms with E-state index in [0.717, 1.165) is 24.6 Å². The lowest BCUT2D eigenvalue weighted by Crippen LogP contribution is -2.42. The average Bonchev–Trinajstić information content (AvgIpc) is 2.95. The van der Waals surface area contributed by atoms with Crippen LogP contribution in [0.4, 0.5) is 0 Å². The molecule has 2 aromatic rings. The zero-order valence-corrected chi connectivity index (χ0v) is 13.5. The van der Waals surface area contributed by atoms with Crippen LogP contribution >= 0.6 is 0 Å². The van der Waals surface area contributed by atoms with Gasteiger partial charge in [-0.05, 0) is 25.3 Å². The smallest absolute Gasteiger partial charge is 0.191 e. The van der Waals surface area contributed by atoms with Crippen molar-refractivity contribution in [3.05, 3.63) is 48.0 Å². The summed E-state index contributed by atoms with van der Waals surface area (Å²) in [5.74, 6) is 1.66. The summed E-state index contributed by atoms with van der Waals surface area (Å²) >= 11 is 0. The van der Waals surface area contributed by atoms with Gasteiger partial charge in [0.1, 0.15) is 6.33 Å². The van der Waals surface area contributed by atoms with Gasteiger partial charge in [-0.25, -0.2) is 0 Å². The number of hydrogen-bond acceptors (Lipinski definition) is 3. The lowest BCUT2D eigenvalue weighted by Gasteiger charge is -2.17. The minimum absolute atomic E-state index is 0.339. The van der Waals surface area contributed by atoms with Crippen LogP contribution in [-0.2, 0) is 20.0 Å². The molecule has 1 atom stereocenters. The Morgan fingerprint density at radius 1 is 1.32 bits per heavy atom. The molecule has 0 amide bonds. The highest BCUT2D eigenvalue weighted by Crippen LogP contribution is 2.04. The van der Waals surface area contributed by atoms with Gasteiger partial charge in [-0.2, -0.15) is 0 Å². The number of nitrogens with one attached hydrogen (secondary N) is 2. The molecule has 0 fully saturated rings. The van der Waals surface area contributed by atoms with Crippen LogP contribution in [0.5, 0.6) is 0 Å². The average molecular weight is 300 g/mol. The monoisotopic (exact) mass is 300 g/mol. The Kier molecular flexibility index (Phi) is 5.94. The molecule has 2 rings (SSSR count). The van der Waals surface area contributed by atoms with Crippen LogP contribution in [0.25, 0.3) is 0 Å². The molecule has 6 nitrogen and oxygen atoms in total. The Balaban J connectivity index is 1.76. The van der Waals surface area contributed by atoms with Crippen molar-refractivity contribution in [1.82, 2.24) is 25.4 Å². The number of benzene rings is 1. The zero-order valence-electron chi connectivity index (χ0n) is 13.5. The van der Waals surface area contributed by atoms with E-state index in [9.17, 15) is 0 Å². The number of nitrogens with zero attached hydrogens (tertiary/aromatic N) is 4. The molecule has 1 aromatic carbocycles. The molecule has 22 heavy (non-hydrogen) atoms. The Bertz CT molecular complexity index is 590. The van der Waals surface area contributed by atoms with Crippen LogP contribution in [-0.4, -0.2) is 33.8 Å². The van der Waals surface area contributed by atoms with Gasteiger partial charge in [0.2, 0.25) is 0 Å². The third kappa shape index (κ3) is 4.87. The van der Waals surface area contributed by atoms with Crippen molar-refractivity contribution in [2.45, 2.75) is 32.4 Å². The van der Waals surface area contributed by atoms with Gasteiger partial charge in [0.05, 0.1) is 6.54 Å². The second kappa shape index (κ2) is 8.17. The van der Waals surface area contributed by atoms with E-state index in [-0.39, 0.29) is 0 Å². The van der Waals surface area contributed by atoms with E-state index in [1.807, 2.05) is 17.7 Å². The van der Waals surface area contributed by atoms with Crippen LogP contribution in [0.15, 0.2) is 41.7 Å². The molecule has 1 heterocycles. The quantitative estimate of drug-likeness (QED) is 0.627. The van der Waals surface area contributed by atoms with Crippen LogP contribution in [0.3, 0.4) is 0 Å². The molecule has 0 bridgehead atoms. The standard InChI is InChI=1S/C16H24N6/c1-13(9-10-14-7-5-4-6-8-14)20-16(17-2)18-11-15-21-19-12-22(15)3/h4-8,12-13H,9-11H2,1-3H3,(H2,17,18,20). The zero-order chi connectivity index (χ0) is 15.8. The van der Waals surface area contributed by atoms with Gasteiger partial charge in [-0.3, -0.25) is 4.99 Å². The lowest BCUT2D eigenvalue weighted by molar-refractivity contribution is 0.590. The first-order chi connectivity index (χ1) is 10.7. The van der Waals surface area contributed by atoms with Crippen molar-refractivity contribution in [3.63, 3.8) is 0 Å². The van der Waals surface area contributed by atoms with E-state index in [4.69, 9.17) is 0 Å². The summed E-state index contributed by atoms with van der Waals surface area (Å²) < 4.78 is 1.89. The molecule has 0 radical (unpaired) electrons. The SMILES string of the molecule is CN=C(NCc1nncn1C)NC(C)CCc1ccccc1. The molecule has 6 heteroatoms. The summed E-state index contributed by atoms with van der Waals surface area (Å²) in [4.78, 5) is 4.25. The molecule has 1 aromatic heterocycles. The molecular formula is C16H24N6. The van der Waals surface area contributed by atoms with Gasteiger partial charge < -0.3 is 15.2 Å². The first kappa shape index (κ1) is 16.0. The van der Waals surface area contributed by atoms with Crippen molar-refractivity contribution in [1.29, 1.82) is 0 Å². The summed E-state index contributed by atoms with van der Waals surface area (Å²) in [6.07, 6.45) is 3.79. The maximum absolute atomic E-state index is 4.25. The number of aromatic nitrogens is 3. The normalized spacial score (nSPS) is 13.0. The molecular weight excluding hydrogens is 276 g/mol. The van der Waals surface area contributed by atoms with Gasteiger partial charge in [0, 0.05) is 20.1 Å². The first-order valence-corrected chi connectivity index (χ1v) is 7.53. The fourth-order valence-electron chi connectivity index (χ4n) is 2.16. The molecule has 0 spiro atoms. The molecule has 0 saturated carbocycles. The molecule has 0 aliphatic rings. The number of aryl methyl sites for hydroxylation is 2. The second-order valence-electron chi connectivity index (χ2n) is 5.35. The largest absolute Gasteiger partial charge is 0.354 e. The van der Waals surface area contributed by atoms with Crippen molar-refractivity contribution >= 4 is 5.96 Å². The van der Waals surface area contributed by atoms with Crippen molar-refractivity contribution < 1.29 is 0 Å². The second-order valence-corrected chi connectivity index (χ2v) is 5.35. The Morgan fingerprint density at radius 3 is 2.73 bits per heavy atom. The summed E-state index contributed by atoms with van der Waals surface area (Å²) in [6.45, 7) is 2.76. The van der Waals surface area contributed by atoms with E-state index in [1.54, 1.807) is 13.4 Å². The number of rotatable bonds is 6. The molecule has 0 saturated heterocycles. The Labute approximate surface area is 131 Å². The van der Waals surface area contributed by atoms with Crippen LogP contribution in [0.2, 0.25) is 0 Å². The van der Waals surface area contributed by atoms with E-state index in [0.29, 0.717) is 12.6 Å². The predicted molar refractivity (Wildman–Crippen MR) is 88.6 cm³/mol. The molecule has 118 valence electrons. The summed E-state index contributed by atoms with van der Waals surface area (Å²) in [6, 6.07) is 10.9. The third-order valence-electron chi connectivity index (χ3n) is 3.53. The highest BCUT2D eigenvalue weighted by atomic mass is 15.3. The number of guanidine groups is 1. The highest BCUT2D eigenvalue weighted by Gasteiger charge is 2.07. The maximum atomic E-state index is 4.25. The van der Waals surface area contributed by atoms with E-state index in [1.165, 1.54) is 5.56 Å². The summed E-state index contributed by atoms with van der Waals surface area (Å²) in [7, 11) is 3.70. The van der Waals surface area contributed by atoms with Crippen molar-refractivity contribution in [2.75, 3.05) is 7.05 Å². The van der Waals surface area contributed by atoms with Crippen molar-refractivity contribution in [3.8, 4) is 0 Å². The highest BCUT2D eigenvalue weighted by molar-refractivity contribution is 5.79.